The highest BCUT2D eigenvalue weighted by atomic mass is 32.2. The number of fused-ring (bicyclic) bond motifs is 3. The van der Waals surface area contributed by atoms with Gasteiger partial charge in [0.15, 0.2) is 0 Å². The van der Waals surface area contributed by atoms with Crippen LogP contribution in [0.1, 0.15) is 35.3 Å². The van der Waals surface area contributed by atoms with Crippen molar-refractivity contribution < 1.29 is 9.47 Å². The van der Waals surface area contributed by atoms with Crippen LogP contribution in [0, 0.1) is 0 Å². The van der Waals surface area contributed by atoms with Gasteiger partial charge in [-0.25, -0.2) is 9.97 Å². The fourth-order valence-electron chi connectivity index (χ4n) is 4.25. The Morgan fingerprint density at radius 2 is 1.94 bits per heavy atom. The van der Waals surface area contributed by atoms with E-state index in [0.29, 0.717) is 12.5 Å². The lowest BCUT2D eigenvalue weighted by molar-refractivity contribution is 0.340. The molecular weight excluding hydrogens is 424 g/mol. The number of aryl methyl sites for hydroxylation is 1. The Hall–Kier alpha value is -2.57. The lowest BCUT2D eigenvalue weighted by atomic mass is 9.83. The molecule has 1 aliphatic carbocycles. The number of rotatable bonds is 6. The zero-order valence-electron chi connectivity index (χ0n) is 17.6. The Morgan fingerprint density at radius 1 is 1.10 bits per heavy atom. The zero-order chi connectivity index (χ0) is 21.2. The first-order valence-corrected chi connectivity index (χ1v) is 12.2. The largest absolute Gasteiger partial charge is 0.496 e. The van der Waals surface area contributed by atoms with Crippen LogP contribution in [0.5, 0.6) is 11.5 Å². The van der Waals surface area contributed by atoms with Crippen LogP contribution in [0.2, 0.25) is 0 Å². The molecule has 2 aromatic heterocycles. The molecular formula is C25H24N2O2S2. The van der Waals surface area contributed by atoms with Crippen LogP contribution in [-0.4, -0.2) is 23.7 Å². The van der Waals surface area contributed by atoms with Crippen LogP contribution >= 0.6 is 23.1 Å². The normalized spacial score (nSPS) is 15.6. The topological polar surface area (TPSA) is 44.2 Å². The van der Waals surface area contributed by atoms with Gasteiger partial charge in [-0.1, -0.05) is 36.0 Å². The number of hydrogen-bond donors (Lipinski definition) is 0. The van der Waals surface area contributed by atoms with E-state index in [1.54, 1.807) is 25.2 Å². The van der Waals surface area contributed by atoms with E-state index >= 15 is 0 Å². The number of para-hydroxylation sites is 1. The lowest BCUT2D eigenvalue weighted by Gasteiger charge is -2.23. The summed E-state index contributed by atoms with van der Waals surface area (Å²) in [6, 6.07) is 16.7. The van der Waals surface area contributed by atoms with E-state index in [1.807, 2.05) is 36.5 Å². The van der Waals surface area contributed by atoms with Crippen molar-refractivity contribution in [2.75, 3.05) is 13.7 Å². The molecule has 2 aromatic carbocycles. The molecule has 0 fully saturated rings. The van der Waals surface area contributed by atoms with E-state index in [9.17, 15) is 0 Å². The second-order valence-electron chi connectivity index (χ2n) is 7.56. The monoisotopic (exact) mass is 448 g/mol. The van der Waals surface area contributed by atoms with Crippen LogP contribution < -0.4 is 9.47 Å². The Balaban J connectivity index is 1.45. The molecule has 5 rings (SSSR count). The van der Waals surface area contributed by atoms with Crippen LogP contribution in [0.25, 0.3) is 10.2 Å². The van der Waals surface area contributed by atoms with Crippen LogP contribution in [-0.2, 0) is 12.8 Å². The van der Waals surface area contributed by atoms with Gasteiger partial charge in [-0.15, -0.1) is 11.3 Å². The molecule has 0 saturated carbocycles. The molecule has 1 atom stereocenters. The summed E-state index contributed by atoms with van der Waals surface area (Å²) < 4.78 is 11.1. The number of nitrogens with zero attached hydrogens (tertiary/aromatic N) is 2. The van der Waals surface area contributed by atoms with Crippen molar-refractivity contribution in [2.24, 2.45) is 0 Å². The molecule has 4 nitrogen and oxygen atoms in total. The van der Waals surface area contributed by atoms with Gasteiger partial charge in [0.1, 0.15) is 27.7 Å². The van der Waals surface area contributed by atoms with E-state index in [-0.39, 0.29) is 0 Å². The van der Waals surface area contributed by atoms with E-state index in [4.69, 9.17) is 9.47 Å². The highest BCUT2D eigenvalue weighted by Gasteiger charge is 2.26. The Morgan fingerprint density at radius 3 is 2.74 bits per heavy atom. The average molecular weight is 449 g/mol. The maximum atomic E-state index is 5.60. The highest BCUT2D eigenvalue weighted by Crippen LogP contribution is 2.45. The molecule has 0 saturated heterocycles. The molecule has 0 amide bonds. The van der Waals surface area contributed by atoms with Gasteiger partial charge in [-0.3, -0.25) is 0 Å². The molecule has 0 aliphatic heterocycles. The minimum atomic E-state index is 0.537. The summed E-state index contributed by atoms with van der Waals surface area (Å²) in [5.74, 6) is 2.35. The molecule has 31 heavy (non-hydrogen) atoms. The van der Waals surface area contributed by atoms with E-state index in [0.717, 1.165) is 45.5 Å². The first-order valence-electron chi connectivity index (χ1n) is 10.6. The van der Waals surface area contributed by atoms with Gasteiger partial charge in [0.25, 0.3) is 0 Å². The van der Waals surface area contributed by atoms with E-state index in [1.165, 1.54) is 21.4 Å². The van der Waals surface area contributed by atoms with Gasteiger partial charge in [0.05, 0.1) is 18.6 Å². The van der Waals surface area contributed by atoms with Crippen molar-refractivity contribution in [1.82, 2.24) is 9.97 Å². The quantitative estimate of drug-likeness (QED) is 0.314. The summed E-state index contributed by atoms with van der Waals surface area (Å²) in [6.07, 6.45) is 4.94. The third-order valence-corrected chi connectivity index (χ3v) is 7.97. The van der Waals surface area contributed by atoms with Gasteiger partial charge in [-0.2, -0.15) is 0 Å². The predicted octanol–water partition coefficient (Wildman–Crippen LogP) is 6.52. The number of ether oxygens (including phenoxy) is 2. The third kappa shape index (κ3) is 4.02. The maximum absolute atomic E-state index is 5.60. The molecule has 6 heteroatoms. The van der Waals surface area contributed by atoms with Gasteiger partial charge in [-0.05, 0) is 67.5 Å². The smallest absolute Gasteiger partial charge is 0.132 e. The zero-order valence-corrected chi connectivity index (χ0v) is 19.3. The van der Waals surface area contributed by atoms with E-state index < -0.39 is 0 Å². The van der Waals surface area contributed by atoms with Gasteiger partial charge in [0.2, 0.25) is 0 Å². The molecule has 2 heterocycles. The fraction of sp³-hybridized carbons (Fsp3) is 0.280. The molecule has 0 radical (unpaired) electrons. The molecule has 1 unspecified atom stereocenters. The van der Waals surface area contributed by atoms with Crippen molar-refractivity contribution in [3.05, 3.63) is 70.9 Å². The highest BCUT2D eigenvalue weighted by molar-refractivity contribution is 7.99. The van der Waals surface area contributed by atoms with Crippen molar-refractivity contribution >= 4 is 33.3 Å². The van der Waals surface area contributed by atoms with Crippen LogP contribution in [0.4, 0.5) is 0 Å². The Kier molecular flexibility index (Phi) is 5.83. The number of hydrogen-bond acceptors (Lipinski definition) is 6. The third-order valence-electron chi connectivity index (χ3n) is 5.75. The summed E-state index contributed by atoms with van der Waals surface area (Å²) in [4.78, 5) is 12.9. The maximum Gasteiger partial charge on any atom is 0.132 e. The van der Waals surface area contributed by atoms with Gasteiger partial charge in [0, 0.05) is 10.3 Å². The fourth-order valence-corrected chi connectivity index (χ4v) is 6.61. The van der Waals surface area contributed by atoms with Crippen molar-refractivity contribution in [3.63, 3.8) is 0 Å². The summed E-state index contributed by atoms with van der Waals surface area (Å²) in [5.41, 5.74) is 2.82. The number of thiophene rings is 1. The van der Waals surface area contributed by atoms with Crippen molar-refractivity contribution in [2.45, 2.75) is 42.0 Å². The summed E-state index contributed by atoms with van der Waals surface area (Å²) in [6.45, 7) is 2.71. The Labute approximate surface area is 190 Å². The minimum absolute atomic E-state index is 0.537. The first-order chi connectivity index (χ1) is 15.3. The van der Waals surface area contributed by atoms with E-state index in [2.05, 4.69) is 40.3 Å². The van der Waals surface area contributed by atoms with Gasteiger partial charge >= 0.3 is 0 Å². The Bertz CT molecular complexity index is 1200. The SMILES string of the molecule is CCOc1ccc(C2CCc3c(sc4ncnc(Sc5ccccc5OC)c34)C2)cc1. The summed E-state index contributed by atoms with van der Waals surface area (Å²) >= 11 is 3.49. The summed E-state index contributed by atoms with van der Waals surface area (Å²) in [5, 5.41) is 2.25. The number of benzene rings is 2. The van der Waals surface area contributed by atoms with Crippen LogP contribution in [0.3, 0.4) is 0 Å². The van der Waals surface area contributed by atoms with Crippen molar-refractivity contribution in [3.8, 4) is 11.5 Å². The molecule has 1 aliphatic rings. The number of methoxy groups -OCH3 is 1. The molecule has 0 spiro atoms. The second-order valence-corrected chi connectivity index (χ2v) is 9.67. The summed E-state index contributed by atoms with van der Waals surface area (Å²) in [7, 11) is 1.71. The predicted molar refractivity (Wildman–Crippen MR) is 127 cm³/mol. The molecule has 4 aromatic rings. The number of aromatic nitrogens is 2. The minimum Gasteiger partial charge on any atom is -0.496 e. The molecule has 158 valence electrons. The van der Waals surface area contributed by atoms with Crippen molar-refractivity contribution in [1.29, 1.82) is 0 Å². The average Bonchev–Trinajstić information content (AvgIpc) is 3.19. The van der Waals surface area contributed by atoms with Gasteiger partial charge < -0.3 is 9.47 Å². The lowest BCUT2D eigenvalue weighted by Crippen LogP contribution is -2.11. The molecule has 0 bridgehead atoms. The van der Waals surface area contributed by atoms with Crippen LogP contribution in [0.15, 0.2) is 64.8 Å². The standard InChI is InChI=1S/C25H24N2O2S2/c1-3-29-18-11-8-16(9-12-18)17-10-13-19-22(14-17)31-25-23(19)24(26-15-27-25)30-21-7-5-4-6-20(21)28-2/h4-9,11-12,15,17H,3,10,13-14H2,1-2H3. The first kappa shape index (κ1) is 20.3. The molecule has 0 N–H and O–H groups in total. The second kappa shape index (κ2) is 8.89.